The van der Waals surface area contributed by atoms with E-state index in [1.54, 1.807) is 24.1 Å². The number of anilines is 1. The number of amides is 2. The summed E-state index contributed by atoms with van der Waals surface area (Å²) >= 11 is 1.53. The van der Waals surface area contributed by atoms with Crippen LogP contribution in [-0.2, 0) is 22.6 Å². The Kier molecular flexibility index (Phi) is 7.73. The van der Waals surface area contributed by atoms with Crippen molar-refractivity contribution in [3.05, 3.63) is 118 Å². The van der Waals surface area contributed by atoms with Crippen molar-refractivity contribution < 1.29 is 14.3 Å². The number of ether oxygens (including phenoxy) is 1. The van der Waals surface area contributed by atoms with Crippen LogP contribution in [0.25, 0.3) is 0 Å². The minimum atomic E-state index is -0.828. The maximum atomic E-state index is 13.7. The molecular formula is C28H26N2O3S. The van der Waals surface area contributed by atoms with Crippen molar-refractivity contribution in [1.82, 2.24) is 5.32 Å². The van der Waals surface area contributed by atoms with Crippen molar-refractivity contribution in [2.45, 2.75) is 19.0 Å². The molecule has 0 fully saturated rings. The Bertz CT molecular complexity index is 1190. The minimum absolute atomic E-state index is 0.156. The van der Waals surface area contributed by atoms with E-state index in [0.29, 0.717) is 18.0 Å². The van der Waals surface area contributed by atoms with Crippen molar-refractivity contribution in [2.75, 3.05) is 12.0 Å². The summed E-state index contributed by atoms with van der Waals surface area (Å²) in [6.07, 6.45) is 0.207. The number of carbonyl (C=O) groups is 2. The van der Waals surface area contributed by atoms with Crippen molar-refractivity contribution >= 4 is 28.8 Å². The van der Waals surface area contributed by atoms with E-state index in [-0.39, 0.29) is 18.2 Å². The summed E-state index contributed by atoms with van der Waals surface area (Å²) in [4.78, 5) is 29.9. The second-order valence-corrected chi connectivity index (χ2v) is 8.77. The molecule has 5 nitrogen and oxygen atoms in total. The van der Waals surface area contributed by atoms with Gasteiger partial charge in [0.15, 0.2) is 0 Å². The summed E-state index contributed by atoms with van der Waals surface area (Å²) in [5.41, 5.74) is 2.36. The van der Waals surface area contributed by atoms with Gasteiger partial charge in [-0.2, -0.15) is 0 Å². The van der Waals surface area contributed by atoms with Crippen LogP contribution in [0.1, 0.15) is 22.0 Å². The number of nitrogens with one attached hydrogen (secondary N) is 1. The molecule has 1 N–H and O–H groups in total. The lowest BCUT2D eigenvalue weighted by Crippen LogP contribution is -2.44. The Morgan fingerprint density at radius 3 is 2.18 bits per heavy atom. The highest BCUT2D eigenvalue weighted by Crippen LogP contribution is 2.30. The molecule has 172 valence electrons. The third-order valence-corrected chi connectivity index (χ3v) is 6.33. The highest BCUT2D eigenvalue weighted by molar-refractivity contribution is 7.10. The van der Waals surface area contributed by atoms with Crippen LogP contribution < -0.4 is 15.0 Å². The Morgan fingerprint density at radius 2 is 1.56 bits per heavy atom. The molecule has 0 aliphatic heterocycles. The second-order valence-electron chi connectivity index (χ2n) is 7.73. The van der Waals surface area contributed by atoms with Crippen LogP contribution >= 0.6 is 11.3 Å². The van der Waals surface area contributed by atoms with Gasteiger partial charge in [0.25, 0.3) is 0 Å². The van der Waals surface area contributed by atoms with E-state index in [2.05, 4.69) is 5.32 Å². The Balaban J connectivity index is 1.71. The Hall–Kier alpha value is -3.90. The quantitative estimate of drug-likeness (QED) is 0.357. The number of carbonyl (C=O) groups excluding carboxylic acids is 2. The van der Waals surface area contributed by atoms with Crippen LogP contribution in [0.4, 0.5) is 5.69 Å². The molecule has 0 radical (unpaired) electrons. The van der Waals surface area contributed by atoms with Crippen molar-refractivity contribution in [3.8, 4) is 5.75 Å². The van der Waals surface area contributed by atoms with Crippen LogP contribution in [-0.4, -0.2) is 18.9 Å². The van der Waals surface area contributed by atoms with E-state index >= 15 is 0 Å². The SMILES string of the molecule is COc1ccc(N(C(=O)Cc2cccs2)[C@H](C(=O)NCc2ccccc2)c2ccccc2)cc1. The van der Waals surface area contributed by atoms with Crippen LogP contribution in [0.2, 0.25) is 0 Å². The normalized spacial score (nSPS) is 11.4. The van der Waals surface area contributed by atoms with E-state index in [4.69, 9.17) is 4.74 Å². The third-order valence-electron chi connectivity index (χ3n) is 5.46. The topological polar surface area (TPSA) is 58.6 Å². The number of hydrogen-bond acceptors (Lipinski definition) is 4. The van der Waals surface area contributed by atoms with E-state index in [1.807, 2.05) is 90.3 Å². The number of methoxy groups -OCH3 is 1. The standard InChI is InChI=1S/C28H26N2O3S/c1-33-24-16-14-23(15-17-24)30(26(31)19-25-13-8-18-34-25)27(22-11-6-3-7-12-22)28(32)29-20-21-9-4-2-5-10-21/h2-18,27H,19-20H2,1H3,(H,29,32)/t27-/m0/s1. The van der Waals surface area contributed by atoms with Gasteiger partial charge in [-0.25, -0.2) is 0 Å². The van der Waals surface area contributed by atoms with Crippen LogP contribution in [0.3, 0.4) is 0 Å². The predicted molar refractivity (Wildman–Crippen MR) is 136 cm³/mol. The zero-order valence-corrected chi connectivity index (χ0v) is 19.7. The van der Waals surface area contributed by atoms with E-state index in [9.17, 15) is 9.59 Å². The van der Waals surface area contributed by atoms with Gasteiger partial charge in [0.05, 0.1) is 13.5 Å². The maximum Gasteiger partial charge on any atom is 0.248 e. The number of rotatable bonds is 9. The number of nitrogens with zero attached hydrogens (tertiary/aromatic N) is 1. The molecule has 0 spiro atoms. The molecule has 4 rings (SSSR count). The largest absolute Gasteiger partial charge is 0.497 e. The fourth-order valence-electron chi connectivity index (χ4n) is 3.76. The van der Waals surface area contributed by atoms with Crippen molar-refractivity contribution in [2.24, 2.45) is 0 Å². The lowest BCUT2D eigenvalue weighted by atomic mass is 10.0. The van der Waals surface area contributed by atoms with E-state index < -0.39 is 6.04 Å². The summed E-state index contributed by atoms with van der Waals surface area (Å²) in [6.45, 7) is 0.374. The second kappa shape index (κ2) is 11.3. The molecule has 1 aromatic heterocycles. The fourth-order valence-corrected chi connectivity index (χ4v) is 4.46. The zero-order chi connectivity index (χ0) is 23.8. The number of thiophene rings is 1. The first kappa shape index (κ1) is 23.3. The van der Waals surface area contributed by atoms with Gasteiger partial charge >= 0.3 is 0 Å². The highest BCUT2D eigenvalue weighted by Gasteiger charge is 2.32. The van der Waals surface area contributed by atoms with Gasteiger partial charge in [0.1, 0.15) is 11.8 Å². The van der Waals surface area contributed by atoms with Crippen LogP contribution in [0, 0.1) is 0 Å². The average Bonchev–Trinajstić information content (AvgIpc) is 3.40. The van der Waals surface area contributed by atoms with Crippen LogP contribution in [0.15, 0.2) is 102 Å². The summed E-state index contributed by atoms with van der Waals surface area (Å²) in [5.74, 6) is 0.279. The van der Waals surface area contributed by atoms with Crippen molar-refractivity contribution in [3.63, 3.8) is 0 Å². The molecule has 0 unspecified atom stereocenters. The number of benzene rings is 3. The molecule has 0 bridgehead atoms. The molecule has 2 amide bonds. The first-order chi connectivity index (χ1) is 16.7. The van der Waals surface area contributed by atoms with Gasteiger partial charge in [0.2, 0.25) is 11.8 Å². The molecule has 0 saturated carbocycles. The molecule has 1 heterocycles. The van der Waals surface area contributed by atoms with Gasteiger partial charge in [-0.15, -0.1) is 11.3 Å². The summed E-state index contributed by atoms with van der Waals surface area (Å²) in [5, 5.41) is 4.98. The molecule has 34 heavy (non-hydrogen) atoms. The summed E-state index contributed by atoms with van der Waals surface area (Å²) in [6, 6.07) is 29.4. The van der Waals surface area contributed by atoms with Crippen LogP contribution in [0.5, 0.6) is 5.75 Å². The Morgan fingerprint density at radius 1 is 0.882 bits per heavy atom. The first-order valence-electron chi connectivity index (χ1n) is 11.0. The third kappa shape index (κ3) is 5.71. The fraction of sp³-hybridized carbons (Fsp3) is 0.143. The molecule has 3 aromatic carbocycles. The minimum Gasteiger partial charge on any atom is -0.497 e. The monoisotopic (exact) mass is 470 g/mol. The average molecular weight is 471 g/mol. The zero-order valence-electron chi connectivity index (χ0n) is 18.9. The molecule has 0 aliphatic rings. The predicted octanol–water partition coefficient (Wildman–Crippen LogP) is 5.39. The lowest BCUT2D eigenvalue weighted by Gasteiger charge is -2.31. The number of hydrogen-bond donors (Lipinski definition) is 1. The molecule has 0 saturated heterocycles. The smallest absolute Gasteiger partial charge is 0.248 e. The van der Waals surface area contributed by atoms with Gasteiger partial charge in [-0.05, 0) is 46.8 Å². The lowest BCUT2D eigenvalue weighted by molar-refractivity contribution is -0.126. The summed E-state index contributed by atoms with van der Waals surface area (Å²) < 4.78 is 5.29. The Labute approximate surface area is 203 Å². The molecule has 0 aliphatic carbocycles. The maximum absolute atomic E-state index is 13.7. The van der Waals surface area contributed by atoms with E-state index in [1.165, 1.54) is 11.3 Å². The molecule has 1 atom stereocenters. The molecular weight excluding hydrogens is 444 g/mol. The van der Waals surface area contributed by atoms with E-state index in [0.717, 1.165) is 16.0 Å². The first-order valence-corrected chi connectivity index (χ1v) is 11.9. The van der Waals surface area contributed by atoms with Gasteiger partial charge in [-0.3, -0.25) is 14.5 Å². The highest BCUT2D eigenvalue weighted by atomic mass is 32.1. The van der Waals surface area contributed by atoms with Crippen molar-refractivity contribution in [1.29, 1.82) is 0 Å². The van der Waals surface area contributed by atoms with Gasteiger partial charge in [0, 0.05) is 17.1 Å². The molecule has 4 aromatic rings. The summed E-state index contributed by atoms with van der Waals surface area (Å²) in [7, 11) is 1.60. The van der Waals surface area contributed by atoms with Gasteiger partial charge in [-0.1, -0.05) is 66.7 Å². The van der Waals surface area contributed by atoms with Gasteiger partial charge < -0.3 is 10.1 Å². The molecule has 6 heteroatoms.